The van der Waals surface area contributed by atoms with Gasteiger partial charge in [-0.2, -0.15) is 13.2 Å². The standard InChI is InChI=1S/C18H14F3N3S/c1-10-2-3-11-8-16(25-15(11)6-10)12-4-5-24-14(7-12)13(22)9-17(23)18(19,20)21/h2-9,23H,22H2,1H3/b13-9-,23-17?. The lowest BCUT2D eigenvalue weighted by Crippen LogP contribution is -2.20. The quantitative estimate of drug-likeness (QED) is 0.634. The van der Waals surface area contributed by atoms with E-state index in [1.807, 2.05) is 25.1 Å². The molecule has 0 saturated heterocycles. The molecule has 3 aromatic rings. The van der Waals surface area contributed by atoms with Gasteiger partial charge in [-0.1, -0.05) is 12.1 Å². The van der Waals surface area contributed by atoms with Crippen LogP contribution in [-0.4, -0.2) is 16.9 Å². The molecule has 3 nitrogen and oxygen atoms in total. The van der Waals surface area contributed by atoms with E-state index in [9.17, 15) is 13.2 Å². The SMILES string of the molecule is Cc1ccc2cc(-c3ccnc(/C(N)=C/C(=N)C(F)(F)F)c3)sc2c1. The maximum Gasteiger partial charge on any atom is 0.432 e. The summed E-state index contributed by atoms with van der Waals surface area (Å²) in [6.07, 6.45) is -2.65. The first kappa shape index (κ1) is 17.2. The zero-order valence-corrected chi connectivity index (χ0v) is 14.0. The first-order valence-electron chi connectivity index (χ1n) is 7.34. The van der Waals surface area contributed by atoms with Gasteiger partial charge in [-0.3, -0.25) is 10.4 Å². The lowest BCUT2D eigenvalue weighted by atomic mass is 10.1. The van der Waals surface area contributed by atoms with Gasteiger partial charge in [-0.15, -0.1) is 11.3 Å². The normalized spacial score (nSPS) is 12.6. The van der Waals surface area contributed by atoms with E-state index in [0.29, 0.717) is 6.08 Å². The summed E-state index contributed by atoms with van der Waals surface area (Å²) in [6.45, 7) is 2.02. The van der Waals surface area contributed by atoms with Crippen LogP contribution in [-0.2, 0) is 0 Å². The highest BCUT2D eigenvalue weighted by molar-refractivity contribution is 7.22. The Morgan fingerprint density at radius 3 is 2.68 bits per heavy atom. The zero-order chi connectivity index (χ0) is 18.2. The molecule has 0 bridgehead atoms. The minimum absolute atomic E-state index is 0.193. The first-order valence-corrected chi connectivity index (χ1v) is 8.15. The van der Waals surface area contributed by atoms with Crippen molar-refractivity contribution in [2.24, 2.45) is 5.73 Å². The van der Waals surface area contributed by atoms with Gasteiger partial charge in [-0.25, -0.2) is 0 Å². The monoisotopic (exact) mass is 361 g/mol. The fourth-order valence-electron chi connectivity index (χ4n) is 2.33. The minimum Gasteiger partial charge on any atom is -0.397 e. The van der Waals surface area contributed by atoms with E-state index >= 15 is 0 Å². The summed E-state index contributed by atoms with van der Waals surface area (Å²) >= 11 is 1.59. The number of halogens is 3. The zero-order valence-electron chi connectivity index (χ0n) is 13.2. The van der Waals surface area contributed by atoms with E-state index in [1.165, 1.54) is 6.20 Å². The summed E-state index contributed by atoms with van der Waals surface area (Å²) in [5.41, 5.74) is 6.19. The van der Waals surface area contributed by atoms with Gasteiger partial charge in [-0.05, 0) is 53.8 Å². The van der Waals surface area contributed by atoms with Gasteiger partial charge in [0.2, 0.25) is 0 Å². The van der Waals surface area contributed by atoms with E-state index in [2.05, 4.69) is 11.1 Å². The van der Waals surface area contributed by atoms with E-state index in [4.69, 9.17) is 11.1 Å². The van der Waals surface area contributed by atoms with Gasteiger partial charge < -0.3 is 5.73 Å². The molecule has 25 heavy (non-hydrogen) atoms. The molecule has 1 aromatic carbocycles. The smallest absolute Gasteiger partial charge is 0.397 e. The van der Waals surface area contributed by atoms with Gasteiger partial charge >= 0.3 is 6.18 Å². The number of benzene rings is 1. The molecule has 7 heteroatoms. The average molecular weight is 361 g/mol. The van der Waals surface area contributed by atoms with Gasteiger partial charge in [0.25, 0.3) is 0 Å². The molecule has 0 aliphatic heterocycles. The number of nitrogens with two attached hydrogens (primary N) is 1. The minimum atomic E-state index is -4.73. The van der Waals surface area contributed by atoms with Crippen LogP contribution in [0.3, 0.4) is 0 Å². The summed E-state index contributed by atoms with van der Waals surface area (Å²) in [4.78, 5) is 4.99. The number of hydrogen-bond donors (Lipinski definition) is 2. The van der Waals surface area contributed by atoms with Crippen molar-refractivity contribution in [2.45, 2.75) is 13.1 Å². The third kappa shape index (κ3) is 3.71. The molecule has 0 aliphatic rings. The van der Waals surface area contributed by atoms with Crippen LogP contribution in [0.1, 0.15) is 11.3 Å². The summed E-state index contributed by atoms with van der Waals surface area (Å²) in [5.74, 6) is 0. The molecule has 0 aliphatic carbocycles. The third-order valence-corrected chi connectivity index (χ3v) is 4.77. The largest absolute Gasteiger partial charge is 0.432 e. The predicted molar refractivity (Wildman–Crippen MR) is 95.7 cm³/mol. The van der Waals surface area contributed by atoms with Crippen molar-refractivity contribution in [3.05, 3.63) is 59.9 Å². The fraction of sp³-hybridized carbons (Fsp3) is 0.111. The second-order valence-electron chi connectivity index (χ2n) is 5.59. The number of pyridine rings is 1. The van der Waals surface area contributed by atoms with Crippen molar-refractivity contribution < 1.29 is 13.2 Å². The molecule has 0 atom stereocenters. The highest BCUT2D eigenvalue weighted by Crippen LogP contribution is 2.34. The van der Waals surface area contributed by atoms with Gasteiger partial charge in [0.15, 0.2) is 0 Å². The second kappa shape index (κ2) is 6.33. The number of thiophene rings is 1. The number of aryl methyl sites for hydroxylation is 1. The number of nitrogens with zero attached hydrogens (tertiary/aromatic N) is 1. The molecular formula is C18H14F3N3S. The number of fused-ring (bicyclic) bond motifs is 1. The Hall–Kier alpha value is -2.67. The van der Waals surface area contributed by atoms with E-state index < -0.39 is 11.9 Å². The Balaban J connectivity index is 1.98. The molecule has 0 unspecified atom stereocenters. The van der Waals surface area contributed by atoms with Crippen LogP contribution < -0.4 is 5.73 Å². The topological polar surface area (TPSA) is 62.8 Å². The maximum atomic E-state index is 12.5. The maximum absolute atomic E-state index is 12.5. The van der Waals surface area contributed by atoms with Crippen LogP contribution in [0.15, 0.2) is 48.7 Å². The lowest BCUT2D eigenvalue weighted by Gasteiger charge is -2.06. The van der Waals surface area contributed by atoms with Gasteiger partial charge in [0.1, 0.15) is 5.71 Å². The molecular weight excluding hydrogens is 347 g/mol. The Bertz CT molecular complexity index is 987. The molecule has 2 aromatic heterocycles. The highest BCUT2D eigenvalue weighted by atomic mass is 32.1. The number of allylic oxidation sites excluding steroid dienone is 1. The van der Waals surface area contributed by atoms with Crippen LogP contribution in [0.4, 0.5) is 13.2 Å². The van der Waals surface area contributed by atoms with Crippen LogP contribution in [0.25, 0.3) is 26.2 Å². The lowest BCUT2D eigenvalue weighted by molar-refractivity contribution is -0.0583. The van der Waals surface area contributed by atoms with Crippen molar-refractivity contribution >= 4 is 32.8 Å². The third-order valence-electron chi connectivity index (χ3n) is 3.62. The molecule has 0 saturated carbocycles. The van der Waals surface area contributed by atoms with E-state index in [0.717, 1.165) is 26.1 Å². The Morgan fingerprint density at radius 1 is 1.20 bits per heavy atom. The second-order valence-corrected chi connectivity index (χ2v) is 6.68. The van der Waals surface area contributed by atoms with Gasteiger partial charge in [0, 0.05) is 15.8 Å². The molecule has 0 spiro atoms. The number of aromatic nitrogens is 1. The number of nitrogens with one attached hydrogen (secondary N) is 1. The van der Waals surface area contributed by atoms with Crippen molar-refractivity contribution in [2.75, 3.05) is 0 Å². The Morgan fingerprint density at radius 2 is 1.96 bits per heavy atom. The molecule has 0 radical (unpaired) electrons. The first-order chi connectivity index (χ1) is 11.7. The molecule has 0 fully saturated rings. The summed E-state index contributed by atoms with van der Waals surface area (Å²) < 4.78 is 38.6. The average Bonchev–Trinajstić information content (AvgIpc) is 2.97. The summed E-state index contributed by atoms with van der Waals surface area (Å²) in [5, 5.41) is 8.13. The highest BCUT2D eigenvalue weighted by Gasteiger charge is 2.32. The van der Waals surface area contributed by atoms with Crippen molar-refractivity contribution in [1.29, 1.82) is 5.41 Å². The molecule has 3 N–H and O–H groups in total. The Kier molecular flexibility index (Phi) is 4.34. The molecule has 128 valence electrons. The van der Waals surface area contributed by atoms with E-state index in [-0.39, 0.29) is 11.4 Å². The molecule has 2 heterocycles. The number of alkyl halides is 3. The van der Waals surface area contributed by atoms with Crippen molar-refractivity contribution in [3.8, 4) is 10.4 Å². The number of hydrogen-bond acceptors (Lipinski definition) is 4. The summed E-state index contributed by atoms with van der Waals surface area (Å²) in [6, 6.07) is 11.6. The van der Waals surface area contributed by atoms with Crippen LogP contribution in [0.5, 0.6) is 0 Å². The van der Waals surface area contributed by atoms with Crippen LogP contribution >= 0.6 is 11.3 Å². The van der Waals surface area contributed by atoms with Crippen LogP contribution in [0, 0.1) is 12.3 Å². The molecule has 0 amide bonds. The Labute approximate surface area is 146 Å². The van der Waals surface area contributed by atoms with Gasteiger partial charge in [0.05, 0.1) is 11.4 Å². The molecule has 3 rings (SSSR count). The van der Waals surface area contributed by atoms with Crippen molar-refractivity contribution in [3.63, 3.8) is 0 Å². The van der Waals surface area contributed by atoms with Crippen molar-refractivity contribution in [1.82, 2.24) is 4.98 Å². The number of rotatable bonds is 3. The fourth-order valence-corrected chi connectivity index (χ4v) is 3.49. The summed E-state index contributed by atoms with van der Waals surface area (Å²) in [7, 11) is 0. The predicted octanol–water partition coefficient (Wildman–Crippen LogP) is 5.15. The van der Waals surface area contributed by atoms with E-state index in [1.54, 1.807) is 23.5 Å². The van der Waals surface area contributed by atoms with Crippen LogP contribution in [0.2, 0.25) is 0 Å².